The van der Waals surface area contributed by atoms with Gasteiger partial charge in [0.2, 0.25) is 0 Å². The summed E-state index contributed by atoms with van der Waals surface area (Å²) in [6, 6.07) is 0. The molecule has 0 aliphatic heterocycles. The van der Waals surface area contributed by atoms with Crippen LogP contribution in [0.5, 0.6) is 0 Å². The van der Waals surface area contributed by atoms with Crippen LogP contribution in [0.2, 0.25) is 0 Å². The first-order chi connectivity index (χ1) is 10.0. The second-order valence-electron chi connectivity index (χ2n) is 6.32. The van der Waals surface area contributed by atoms with Gasteiger partial charge in [-0.15, -0.1) is 11.3 Å². The second kappa shape index (κ2) is 7.36. The van der Waals surface area contributed by atoms with Gasteiger partial charge in [0.15, 0.2) is 0 Å². The molecule has 1 aliphatic carbocycles. The number of hydrogen-bond donors (Lipinski definition) is 0. The first kappa shape index (κ1) is 16.4. The van der Waals surface area contributed by atoms with Crippen molar-refractivity contribution >= 4 is 17.3 Å². The average molecular weight is 311 g/mol. The standard InChI is InChI=1S/C16H25NO3S/c1-10(2)12-6-5-11(3)7-13(12)20-16(18)14-8-17-15(21-14)9-19-4/h8,10-13H,5-7,9H2,1-4H3/t11-,12+,13-/m0/s1. The minimum absolute atomic E-state index is 0.0363. The lowest BCUT2D eigenvalue weighted by Crippen LogP contribution is -2.35. The molecule has 1 aliphatic rings. The quantitative estimate of drug-likeness (QED) is 0.774. The number of hydrogen-bond acceptors (Lipinski definition) is 5. The number of carbonyl (C=O) groups excluding carboxylic acids is 1. The summed E-state index contributed by atoms with van der Waals surface area (Å²) < 4.78 is 10.8. The zero-order valence-corrected chi connectivity index (χ0v) is 14.1. The van der Waals surface area contributed by atoms with E-state index < -0.39 is 0 Å². The monoisotopic (exact) mass is 311 g/mol. The Balaban J connectivity index is 2.01. The number of methoxy groups -OCH3 is 1. The highest BCUT2D eigenvalue weighted by Crippen LogP contribution is 2.35. The average Bonchev–Trinajstić information content (AvgIpc) is 2.87. The summed E-state index contributed by atoms with van der Waals surface area (Å²) in [6.07, 6.45) is 4.98. The van der Waals surface area contributed by atoms with Gasteiger partial charge in [0.1, 0.15) is 16.0 Å². The van der Waals surface area contributed by atoms with Crippen molar-refractivity contribution in [3.63, 3.8) is 0 Å². The van der Waals surface area contributed by atoms with Gasteiger partial charge in [-0.1, -0.05) is 27.2 Å². The molecule has 0 radical (unpaired) electrons. The SMILES string of the molecule is COCc1ncc(C(=O)O[C@H]2C[C@@H](C)CC[C@@H]2C(C)C)s1. The molecule has 0 aromatic carbocycles. The lowest BCUT2D eigenvalue weighted by atomic mass is 9.75. The second-order valence-corrected chi connectivity index (χ2v) is 7.44. The van der Waals surface area contributed by atoms with Gasteiger partial charge in [-0.2, -0.15) is 0 Å². The Labute approximate surface area is 130 Å². The van der Waals surface area contributed by atoms with Crippen molar-refractivity contribution in [2.75, 3.05) is 7.11 Å². The van der Waals surface area contributed by atoms with Crippen molar-refractivity contribution in [1.29, 1.82) is 0 Å². The molecule has 2 rings (SSSR count). The lowest BCUT2D eigenvalue weighted by Gasteiger charge is -2.36. The Morgan fingerprint density at radius 3 is 2.90 bits per heavy atom. The van der Waals surface area contributed by atoms with Gasteiger partial charge < -0.3 is 9.47 Å². The number of esters is 1. The van der Waals surface area contributed by atoms with Crippen LogP contribution in [-0.2, 0) is 16.1 Å². The number of aromatic nitrogens is 1. The van der Waals surface area contributed by atoms with Crippen molar-refractivity contribution in [2.45, 2.75) is 52.7 Å². The third kappa shape index (κ3) is 4.27. The smallest absolute Gasteiger partial charge is 0.350 e. The molecule has 0 N–H and O–H groups in total. The molecule has 21 heavy (non-hydrogen) atoms. The minimum Gasteiger partial charge on any atom is -0.458 e. The molecular weight excluding hydrogens is 286 g/mol. The number of carbonyl (C=O) groups is 1. The highest BCUT2D eigenvalue weighted by atomic mass is 32.1. The van der Waals surface area contributed by atoms with Crippen molar-refractivity contribution in [3.05, 3.63) is 16.1 Å². The predicted molar refractivity (Wildman–Crippen MR) is 83.4 cm³/mol. The van der Waals surface area contributed by atoms with E-state index in [1.807, 2.05) is 0 Å². The summed E-state index contributed by atoms with van der Waals surface area (Å²) in [4.78, 5) is 17.1. The van der Waals surface area contributed by atoms with E-state index in [0.717, 1.165) is 17.8 Å². The van der Waals surface area contributed by atoms with Gasteiger partial charge in [0.25, 0.3) is 0 Å². The molecule has 1 saturated carbocycles. The van der Waals surface area contributed by atoms with Gasteiger partial charge in [0.05, 0.1) is 12.8 Å². The van der Waals surface area contributed by atoms with Crippen molar-refractivity contribution in [3.8, 4) is 0 Å². The molecule has 0 saturated heterocycles. The molecule has 1 fully saturated rings. The molecule has 1 heterocycles. The van der Waals surface area contributed by atoms with Crippen LogP contribution in [0.15, 0.2) is 6.20 Å². The van der Waals surface area contributed by atoms with Crippen molar-refractivity contribution < 1.29 is 14.3 Å². The van der Waals surface area contributed by atoms with Crippen LogP contribution in [-0.4, -0.2) is 24.2 Å². The zero-order valence-electron chi connectivity index (χ0n) is 13.3. The molecule has 4 nitrogen and oxygen atoms in total. The third-order valence-electron chi connectivity index (χ3n) is 4.24. The van der Waals surface area contributed by atoms with Gasteiger partial charge >= 0.3 is 5.97 Å². The lowest BCUT2D eigenvalue weighted by molar-refractivity contribution is -0.0169. The first-order valence-electron chi connectivity index (χ1n) is 7.65. The molecule has 1 aromatic rings. The van der Waals surface area contributed by atoms with Crippen LogP contribution in [0.4, 0.5) is 0 Å². The van der Waals surface area contributed by atoms with E-state index in [-0.39, 0.29) is 12.1 Å². The zero-order chi connectivity index (χ0) is 15.4. The summed E-state index contributed by atoms with van der Waals surface area (Å²) in [6.45, 7) is 7.10. The topological polar surface area (TPSA) is 48.4 Å². The maximum atomic E-state index is 12.3. The molecule has 0 bridgehead atoms. The number of nitrogens with zero attached hydrogens (tertiary/aromatic N) is 1. The molecular formula is C16H25NO3S. The summed E-state index contributed by atoms with van der Waals surface area (Å²) in [5.41, 5.74) is 0. The van der Waals surface area contributed by atoms with Crippen LogP contribution in [0.3, 0.4) is 0 Å². The molecule has 0 spiro atoms. The molecule has 3 atom stereocenters. The maximum absolute atomic E-state index is 12.3. The highest BCUT2D eigenvalue weighted by molar-refractivity contribution is 7.13. The Morgan fingerprint density at radius 1 is 1.48 bits per heavy atom. The highest BCUT2D eigenvalue weighted by Gasteiger charge is 2.33. The third-order valence-corrected chi connectivity index (χ3v) is 5.19. The minimum atomic E-state index is -0.236. The maximum Gasteiger partial charge on any atom is 0.350 e. The molecule has 1 aromatic heterocycles. The van der Waals surface area contributed by atoms with E-state index in [4.69, 9.17) is 9.47 Å². The Kier molecular flexibility index (Phi) is 5.76. The molecule has 118 valence electrons. The fourth-order valence-electron chi connectivity index (χ4n) is 3.04. The van der Waals surface area contributed by atoms with Crippen LogP contribution in [0, 0.1) is 17.8 Å². The first-order valence-corrected chi connectivity index (χ1v) is 8.47. The summed E-state index contributed by atoms with van der Waals surface area (Å²) in [5.74, 6) is 1.40. The summed E-state index contributed by atoms with van der Waals surface area (Å²) >= 11 is 1.35. The van der Waals surface area contributed by atoms with Gasteiger partial charge in [-0.05, 0) is 30.6 Å². The van der Waals surface area contributed by atoms with Crippen LogP contribution in [0.25, 0.3) is 0 Å². The number of ether oxygens (including phenoxy) is 2. The van der Waals surface area contributed by atoms with Gasteiger partial charge in [0, 0.05) is 7.11 Å². The fraction of sp³-hybridized carbons (Fsp3) is 0.750. The largest absolute Gasteiger partial charge is 0.458 e. The van der Waals surface area contributed by atoms with Gasteiger partial charge in [-0.25, -0.2) is 9.78 Å². The van der Waals surface area contributed by atoms with Crippen LogP contribution in [0.1, 0.15) is 54.7 Å². The van der Waals surface area contributed by atoms with E-state index in [1.165, 1.54) is 17.8 Å². The normalized spacial score (nSPS) is 26.0. The van der Waals surface area contributed by atoms with E-state index in [1.54, 1.807) is 13.3 Å². The molecule has 5 heteroatoms. The molecule has 0 unspecified atom stereocenters. The fourth-order valence-corrected chi connectivity index (χ4v) is 3.81. The summed E-state index contributed by atoms with van der Waals surface area (Å²) in [5, 5.41) is 0.807. The predicted octanol–water partition coefficient (Wildman–Crippen LogP) is 3.91. The number of rotatable bonds is 5. The summed E-state index contributed by atoms with van der Waals surface area (Å²) in [7, 11) is 1.62. The van der Waals surface area contributed by atoms with E-state index in [9.17, 15) is 4.79 Å². The van der Waals surface area contributed by atoms with E-state index in [2.05, 4.69) is 25.8 Å². The van der Waals surface area contributed by atoms with Crippen LogP contribution < -0.4 is 0 Å². The van der Waals surface area contributed by atoms with Crippen molar-refractivity contribution in [2.24, 2.45) is 17.8 Å². The van der Waals surface area contributed by atoms with Crippen LogP contribution >= 0.6 is 11.3 Å². The Morgan fingerprint density at radius 2 is 2.24 bits per heavy atom. The Hall–Kier alpha value is -0.940. The van der Waals surface area contributed by atoms with Gasteiger partial charge in [-0.3, -0.25) is 0 Å². The number of thiazole rings is 1. The molecule has 0 amide bonds. The van der Waals surface area contributed by atoms with E-state index >= 15 is 0 Å². The van der Waals surface area contributed by atoms with Crippen molar-refractivity contribution in [1.82, 2.24) is 4.98 Å². The Bertz CT molecular complexity index is 472. The van der Waals surface area contributed by atoms with E-state index in [0.29, 0.717) is 29.2 Å².